The molecule has 0 spiro atoms. The SMILES string of the molecule is O=C1CCCC1C(=O)CCC1CCCCC1. The number of hydrogen-bond acceptors (Lipinski definition) is 2. The molecule has 0 aromatic heterocycles. The van der Waals surface area contributed by atoms with Crippen LogP contribution in [0, 0.1) is 11.8 Å². The maximum absolute atomic E-state index is 11.9. The van der Waals surface area contributed by atoms with Crippen molar-refractivity contribution in [1.82, 2.24) is 0 Å². The minimum atomic E-state index is -0.219. The van der Waals surface area contributed by atoms with E-state index >= 15 is 0 Å². The van der Waals surface area contributed by atoms with Crippen molar-refractivity contribution < 1.29 is 9.59 Å². The summed E-state index contributed by atoms with van der Waals surface area (Å²) >= 11 is 0. The molecule has 0 radical (unpaired) electrons. The number of Topliss-reactive ketones (excluding diaryl/α,β-unsaturated/α-hetero) is 2. The Morgan fingerprint density at radius 1 is 1.06 bits per heavy atom. The minimum Gasteiger partial charge on any atom is -0.299 e. The Morgan fingerprint density at radius 3 is 2.44 bits per heavy atom. The molecule has 0 heterocycles. The number of ketones is 2. The van der Waals surface area contributed by atoms with Crippen LogP contribution in [-0.2, 0) is 9.59 Å². The zero-order valence-electron chi connectivity index (χ0n) is 10.0. The molecule has 0 aromatic rings. The topological polar surface area (TPSA) is 34.1 Å². The lowest BCUT2D eigenvalue weighted by Crippen LogP contribution is -2.19. The first-order valence-corrected chi connectivity index (χ1v) is 6.83. The second-order valence-corrected chi connectivity index (χ2v) is 5.42. The number of carbonyl (C=O) groups is 2. The van der Waals surface area contributed by atoms with Crippen LogP contribution in [0.2, 0.25) is 0 Å². The van der Waals surface area contributed by atoms with Gasteiger partial charge in [-0.1, -0.05) is 32.1 Å². The third-order valence-corrected chi connectivity index (χ3v) is 4.22. The smallest absolute Gasteiger partial charge is 0.143 e. The fourth-order valence-corrected chi connectivity index (χ4v) is 3.15. The van der Waals surface area contributed by atoms with E-state index in [0.29, 0.717) is 12.8 Å². The fraction of sp³-hybridized carbons (Fsp3) is 0.857. The average molecular weight is 222 g/mol. The van der Waals surface area contributed by atoms with Crippen LogP contribution in [0.1, 0.15) is 64.2 Å². The van der Waals surface area contributed by atoms with E-state index in [-0.39, 0.29) is 17.5 Å². The molecule has 2 aliphatic carbocycles. The summed E-state index contributed by atoms with van der Waals surface area (Å²) in [5.41, 5.74) is 0. The van der Waals surface area contributed by atoms with E-state index < -0.39 is 0 Å². The molecule has 1 atom stereocenters. The molecule has 2 fully saturated rings. The molecule has 2 rings (SSSR count). The Balaban J connectivity index is 1.72. The van der Waals surface area contributed by atoms with Crippen molar-refractivity contribution in [2.75, 3.05) is 0 Å². The summed E-state index contributed by atoms with van der Waals surface area (Å²) in [4.78, 5) is 23.3. The van der Waals surface area contributed by atoms with Gasteiger partial charge in [0.15, 0.2) is 0 Å². The van der Waals surface area contributed by atoms with Crippen LogP contribution in [-0.4, -0.2) is 11.6 Å². The summed E-state index contributed by atoms with van der Waals surface area (Å²) in [6.45, 7) is 0. The van der Waals surface area contributed by atoms with Gasteiger partial charge in [0.25, 0.3) is 0 Å². The molecule has 0 saturated heterocycles. The molecule has 0 bridgehead atoms. The molecule has 0 aromatic carbocycles. The monoisotopic (exact) mass is 222 g/mol. The van der Waals surface area contributed by atoms with Crippen molar-refractivity contribution in [2.45, 2.75) is 64.2 Å². The molecule has 0 N–H and O–H groups in total. The first-order valence-electron chi connectivity index (χ1n) is 6.83. The average Bonchev–Trinajstić information content (AvgIpc) is 2.74. The molecule has 2 aliphatic rings. The third-order valence-electron chi connectivity index (χ3n) is 4.22. The zero-order chi connectivity index (χ0) is 11.4. The summed E-state index contributed by atoms with van der Waals surface area (Å²) in [7, 11) is 0. The van der Waals surface area contributed by atoms with Gasteiger partial charge in [-0.15, -0.1) is 0 Å². The van der Waals surface area contributed by atoms with Gasteiger partial charge in [0, 0.05) is 12.8 Å². The molecule has 2 heteroatoms. The van der Waals surface area contributed by atoms with Gasteiger partial charge in [0.2, 0.25) is 0 Å². The second kappa shape index (κ2) is 5.60. The van der Waals surface area contributed by atoms with Crippen LogP contribution in [0.4, 0.5) is 0 Å². The molecule has 90 valence electrons. The van der Waals surface area contributed by atoms with Gasteiger partial charge in [-0.2, -0.15) is 0 Å². The zero-order valence-corrected chi connectivity index (χ0v) is 10.0. The highest BCUT2D eigenvalue weighted by Crippen LogP contribution is 2.29. The van der Waals surface area contributed by atoms with Gasteiger partial charge >= 0.3 is 0 Å². The van der Waals surface area contributed by atoms with Crippen LogP contribution in [0.25, 0.3) is 0 Å². The Hall–Kier alpha value is -0.660. The van der Waals surface area contributed by atoms with Gasteiger partial charge in [-0.05, 0) is 25.2 Å². The van der Waals surface area contributed by atoms with Gasteiger partial charge in [0.1, 0.15) is 11.6 Å². The van der Waals surface area contributed by atoms with Crippen LogP contribution in [0.3, 0.4) is 0 Å². The molecule has 16 heavy (non-hydrogen) atoms. The Bertz CT molecular complexity index is 264. The first-order chi connectivity index (χ1) is 7.77. The lowest BCUT2D eigenvalue weighted by molar-refractivity contribution is -0.131. The van der Waals surface area contributed by atoms with Crippen molar-refractivity contribution in [3.05, 3.63) is 0 Å². The quantitative estimate of drug-likeness (QED) is 0.684. The van der Waals surface area contributed by atoms with Crippen LogP contribution in [0.15, 0.2) is 0 Å². The Kier molecular flexibility index (Phi) is 4.14. The maximum atomic E-state index is 11.9. The van der Waals surface area contributed by atoms with Gasteiger partial charge < -0.3 is 0 Å². The second-order valence-electron chi connectivity index (χ2n) is 5.42. The van der Waals surface area contributed by atoms with E-state index in [9.17, 15) is 9.59 Å². The van der Waals surface area contributed by atoms with Crippen LogP contribution >= 0.6 is 0 Å². The van der Waals surface area contributed by atoms with Crippen LogP contribution in [0.5, 0.6) is 0 Å². The normalized spacial score (nSPS) is 27.2. The molecule has 2 nitrogen and oxygen atoms in total. The highest BCUT2D eigenvalue weighted by Gasteiger charge is 2.30. The maximum Gasteiger partial charge on any atom is 0.143 e. The Morgan fingerprint density at radius 2 is 1.81 bits per heavy atom. The van der Waals surface area contributed by atoms with Crippen molar-refractivity contribution in [1.29, 1.82) is 0 Å². The summed E-state index contributed by atoms with van der Waals surface area (Å²) in [5.74, 6) is 0.972. The van der Waals surface area contributed by atoms with E-state index in [1.807, 2.05) is 0 Å². The van der Waals surface area contributed by atoms with Crippen LogP contribution < -0.4 is 0 Å². The van der Waals surface area contributed by atoms with E-state index in [1.165, 1.54) is 32.1 Å². The largest absolute Gasteiger partial charge is 0.299 e. The summed E-state index contributed by atoms with van der Waals surface area (Å²) < 4.78 is 0. The van der Waals surface area contributed by atoms with Gasteiger partial charge in [0.05, 0.1) is 5.92 Å². The van der Waals surface area contributed by atoms with E-state index in [4.69, 9.17) is 0 Å². The number of hydrogen-bond donors (Lipinski definition) is 0. The lowest BCUT2D eigenvalue weighted by atomic mass is 9.84. The minimum absolute atomic E-state index is 0.202. The van der Waals surface area contributed by atoms with Gasteiger partial charge in [-0.25, -0.2) is 0 Å². The molecule has 2 saturated carbocycles. The molecular weight excluding hydrogens is 200 g/mol. The van der Waals surface area contributed by atoms with Crippen molar-refractivity contribution >= 4 is 11.6 Å². The Labute approximate surface area is 97.8 Å². The first kappa shape index (κ1) is 11.8. The van der Waals surface area contributed by atoms with Crippen molar-refractivity contribution in [3.8, 4) is 0 Å². The summed E-state index contributed by atoms with van der Waals surface area (Å²) in [6.07, 6.45) is 10.7. The summed E-state index contributed by atoms with van der Waals surface area (Å²) in [6, 6.07) is 0. The van der Waals surface area contributed by atoms with E-state index in [2.05, 4.69) is 0 Å². The summed E-state index contributed by atoms with van der Waals surface area (Å²) in [5, 5.41) is 0. The highest BCUT2D eigenvalue weighted by atomic mass is 16.2. The van der Waals surface area contributed by atoms with Gasteiger partial charge in [-0.3, -0.25) is 9.59 Å². The predicted octanol–water partition coefficient (Wildman–Crippen LogP) is 3.29. The molecule has 0 aliphatic heterocycles. The third kappa shape index (κ3) is 2.93. The molecular formula is C14H22O2. The predicted molar refractivity (Wildman–Crippen MR) is 63.2 cm³/mol. The fourth-order valence-electron chi connectivity index (χ4n) is 3.15. The molecule has 1 unspecified atom stereocenters. The van der Waals surface area contributed by atoms with E-state index in [1.54, 1.807) is 0 Å². The van der Waals surface area contributed by atoms with Crippen molar-refractivity contribution in [3.63, 3.8) is 0 Å². The lowest BCUT2D eigenvalue weighted by Gasteiger charge is -2.21. The van der Waals surface area contributed by atoms with Crippen molar-refractivity contribution in [2.24, 2.45) is 11.8 Å². The highest BCUT2D eigenvalue weighted by molar-refractivity contribution is 6.03. The number of carbonyl (C=O) groups excluding carboxylic acids is 2. The molecule has 0 amide bonds. The number of rotatable bonds is 4. The van der Waals surface area contributed by atoms with E-state index in [0.717, 1.165) is 25.2 Å². The standard InChI is InChI=1S/C14H22O2/c15-13-8-4-7-12(13)14(16)10-9-11-5-2-1-3-6-11/h11-12H,1-10H2.